The fourth-order valence-electron chi connectivity index (χ4n) is 3.79. The van der Waals surface area contributed by atoms with Gasteiger partial charge in [0.05, 0.1) is 38.0 Å². The Bertz CT molecular complexity index is 1080. The summed E-state index contributed by atoms with van der Waals surface area (Å²) >= 11 is 0. The SMILES string of the molecule is C=CC1=C(OC)C=CCC=C1.CC.CC.COc1ccccc1-c1cncc(/C(=C/N)C(C)C2CC2)n1. The third-order valence-corrected chi connectivity index (χ3v) is 5.88. The molecule has 0 radical (unpaired) electrons. The minimum Gasteiger partial charge on any atom is -0.496 e. The molecule has 2 aromatic rings. The Morgan fingerprint density at radius 2 is 1.70 bits per heavy atom. The van der Waals surface area contributed by atoms with E-state index < -0.39 is 0 Å². The van der Waals surface area contributed by atoms with Gasteiger partial charge in [-0.25, -0.2) is 4.98 Å². The van der Waals surface area contributed by atoms with E-state index in [1.54, 1.807) is 38.9 Å². The van der Waals surface area contributed by atoms with Gasteiger partial charge in [-0.05, 0) is 61.1 Å². The van der Waals surface area contributed by atoms with Crippen molar-refractivity contribution in [2.75, 3.05) is 14.2 Å². The molecule has 2 aliphatic carbocycles. The number of benzene rings is 1. The molecule has 0 spiro atoms. The summed E-state index contributed by atoms with van der Waals surface area (Å²) in [5.74, 6) is 2.83. The van der Waals surface area contributed by atoms with Crippen LogP contribution in [0, 0.1) is 11.8 Å². The van der Waals surface area contributed by atoms with Crippen molar-refractivity contribution in [1.82, 2.24) is 9.97 Å². The monoisotopic (exact) mass is 503 g/mol. The van der Waals surface area contributed by atoms with Crippen LogP contribution in [0.2, 0.25) is 0 Å². The van der Waals surface area contributed by atoms with Crippen molar-refractivity contribution in [2.24, 2.45) is 17.6 Å². The van der Waals surface area contributed by atoms with Gasteiger partial charge in [0.15, 0.2) is 0 Å². The number of hydrogen-bond donors (Lipinski definition) is 1. The predicted octanol–water partition coefficient (Wildman–Crippen LogP) is 8.14. The fraction of sp³-hybridized carbons (Fsp3) is 0.375. The average molecular weight is 504 g/mol. The number of methoxy groups -OCH3 is 2. The topological polar surface area (TPSA) is 70.3 Å². The molecule has 1 fully saturated rings. The second-order valence-corrected chi connectivity index (χ2v) is 8.01. The first-order valence-corrected chi connectivity index (χ1v) is 13.2. The van der Waals surface area contributed by atoms with Gasteiger partial charge >= 0.3 is 0 Å². The van der Waals surface area contributed by atoms with E-state index >= 15 is 0 Å². The molecule has 4 rings (SSSR count). The van der Waals surface area contributed by atoms with Crippen molar-refractivity contribution in [2.45, 2.75) is 53.9 Å². The number of rotatable bonds is 7. The van der Waals surface area contributed by atoms with Gasteiger partial charge in [-0.3, -0.25) is 4.98 Å². The maximum Gasteiger partial charge on any atom is 0.128 e. The highest BCUT2D eigenvalue weighted by Gasteiger charge is 2.31. The lowest BCUT2D eigenvalue weighted by atomic mass is 9.94. The fourth-order valence-corrected chi connectivity index (χ4v) is 3.79. The molecule has 1 aromatic carbocycles. The van der Waals surface area contributed by atoms with Crippen molar-refractivity contribution >= 4 is 5.57 Å². The van der Waals surface area contributed by atoms with E-state index in [1.807, 2.05) is 64.1 Å². The second-order valence-electron chi connectivity index (χ2n) is 8.01. The van der Waals surface area contributed by atoms with Crippen LogP contribution in [0.4, 0.5) is 0 Å². The standard InChI is InChI=1S/C18H21N3O.C10H12O.2C2H6/c1-12(13-7-8-13)15(9-19)17-11-20-10-16(21-17)14-5-3-4-6-18(14)22-2;1-3-9-7-5-4-6-8-10(9)11-2;2*1-2/h3-6,9-13H,7-8,19H2,1-2H3;3,5-8H,1,4H2,2H3;2*1-2H3/b15-9+;;;. The van der Waals surface area contributed by atoms with E-state index in [0.29, 0.717) is 5.92 Å². The van der Waals surface area contributed by atoms with Crippen molar-refractivity contribution in [3.8, 4) is 17.0 Å². The van der Waals surface area contributed by atoms with Crippen molar-refractivity contribution in [3.63, 3.8) is 0 Å². The summed E-state index contributed by atoms with van der Waals surface area (Å²) in [7, 11) is 3.33. The number of aromatic nitrogens is 2. The molecule has 2 aliphatic rings. The maximum absolute atomic E-state index is 5.86. The lowest BCUT2D eigenvalue weighted by Gasteiger charge is -2.15. The van der Waals surface area contributed by atoms with E-state index in [2.05, 4.69) is 30.6 Å². The van der Waals surface area contributed by atoms with Gasteiger partial charge in [-0.2, -0.15) is 0 Å². The predicted molar refractivity (Wildman–Crippen MR) is 158 cm³/mol. The van der Waals surface area contributed by atoms with Crippen LogP contribution >= 0.6 is 0 Å². The molecule has 5 heteroatoms. The molecule has 200 valence electrons. The molecule has 0 bridgehead atoms. The molecular formula is C32H45N3O2. The average Bonchev–Trinajstić information content (AvgIpc) is 3.84. The van der Waals surface area contributed by atoms with Crippen LogP contribution in [-0.4, -0.2) is 24.2 Å². The highest BCUT2D eigenvalue weighted by Crippen LogP contribution is 2.42. The van der Waals surface area contributed by atoms with Gasteiger partial charge in [-0.1, -0.05) is 77.6 Å². The summed E-state index contributed by atoms with van der Waals surface area (Å²) < 4.78 is 10.6. The largest absolute Gasteiger partial charge is 0.496 e. The van der Waals surface area contributed by atoms with Gasteiger partial charge in [0.2, 0.25) is 0 Å². The third-order valence-electron chi connectivity index (χ3n) is 5.88. The number of hydrogen-bond acceptors (Lipinski definition) is 5. The van der Waals surface area contributed by atoms with Crippen molar-refractivity contribution < 1.29 is 9.47 Å². The zero-order chi connectivity index (χ0) is 27.6. The van der Waals surface area contributed by atoms with Crippen LogP contribution in [0.1, 0.15) is 59.6 Å². The summed E-state index contributed by atoms with van der Waals surface area (Å²) in [5.41, 5.74) is 10.6. The summed E-state index contributed by atoms with van der Waals surface area (Å²) in [6.45, 7) is 13.9. The van der Waals surface area contributed by atoms with E-state index in [9.17, 15) is 0 Å². The molecular weight excluding hydrogens is 458 g/mol. The smallest absolute Gasteiger partial charge is 0.128 e. The normalized spacial score (nSPS) is 14.9. The highest BCUT2D eigenvalue weighted by molar-refractivity contribution is 5.70. The first kappa shape index (κ1) is 31.4. The summed E-state index contributed by atoms with van der Waals surface area (Å²) in [5, 5.41) is 0. The first-order valence-electron chi connectivity index (χ1n) is 13.2. The molecule has 1 unspecified atom stereocenters. The minimum absolute atomic E-state index is 0.423. The van der Waals surface area contributed by atoms with Crippen LogP contribution in [0.15, 0.2) is 91.2 Å². The lowest BCUT2D eigenvalue weighted by Crippen LogP contribution is -2.06. The number of nitrogens with zero attached hydrogens (tertiary/aromatic N) is 2. The zero-order valence-corrected chi connectivity index (χ0v) is 23.7. The van der Waals surface area contributed by atoms with Gasteiger partial charge in [0.1, 0.15) is 11.5 Å². The number of allylic oxidation sites excluding steroid dienone is 7. The summed E-state index contributed by atoms with van der Waals surface area (Å²) in [6.07, 6.45) is 18.7. The Balaban J connectivity index is 0.000000385. The Morgan fingerprint density at radius 3 is 2.30 bits per heavy atom. The Morgan fingerprint density at radius 1 is 1.03 bits per heavy atom. The molecule has 1 aromatic heterocycles. The highest BCUT2D eigenvalue weighted by atomic mass is 16.5. The first-order chi connectivity index (χ1) is 18.1. The lowest BCUT2D eigenvalue weighted by molar-refractivity contribution is 0.304. The van der Waals surface area contributed by atoms with E-state index in [1.165, 1.54) is 12.8 Å². The van der Waals surface area contributed by atoms with Gasteiger partial charge in [0, 0.05) is 11.1 Å². The van der Waals surface area contributed by atoms with E-state index in [0.717, 1.165) is 51.9 Å². The zero-order valence-electron chi connectivity index (χ0n) is 23.7. The minimum atomic E-state index is 0.423. The van der Waals surface area contributed by atoms with Gasteiger partial charge < -0.3 is 15.2 Å². The van der Waals surface area contributed by atoms with Gasteiger partial charge in [-0.15, -0.1) is 0 Å². The van der Waals surface area contributed by atoms with Crippen LogP contribution in [0.3, 0.4) is 0 Å². The molecule has 1 saturated carbocycles. The van der Waals surface area contributed by atoms with Gasteiger partial charge in [0.25, 0.3) is 0 Å². The van der Waals surface area contributed by atoms with Crippen LogP contribution < -0.4 is 10.5 Å². The molecule has 1 heterocycles. The van der Waals surface area contributed by atoms with Crippen molar-refractivity contribution in [1.29, 1.82) is 0 Å². The second kappa shape index (κ2) is 17.8. The molecule has 1 atom stereocenters. The Labute approximate surface area is 224 Å². The Kier molecular flexibility index (Phi) is 15.1. The molecule has 37 heavy (non-hydrogen) atoms. The van der Waals surface area contributed by atoms with Crippen molar-refractivity contribution in [3.05, 3.63) is 96.8 Å². The Hall–Kier alpha value is -3.60. The molecule has 0 aliphatic heterocycles. The number of para-hydroxylation sites is 1. The molecule has 0 saturated heterocycles. The third kappa shape index (κ3) is 9.41. The van der Waals surface area contributed by atoms with E-state index in [4.69, 9.17) is 20.2 Å². The number of ether oxygens (including phenoxy) is 2. The van der Waals surface area contributed by atoms with E-state index in [-0.39, 0.29) is 0 Å². The maximum atomic E-state index is 5.86. The number of nitrogens with two attached hydrogens (primary N) is 1. The van der Waals surface area contributed by atoms with Crippen LogP contribution in [0.25, 0.3) is 16.8 Å². The quantitative estimate of drug-likeness (QED) is 0.413. The molecule has 0 amide bonds. The molecule has 2 N–H and O–H groups in total. The summed E-state index contributed by atoms with van der Waals surface area (Å²) in [4.78, 5) is 9.12. The van der Waals surface area contributed by atoms with Crippen LogP contribution in [0.5, 0.6) is 5.75 Å². The van der Waals surface area contributed by atoms with Crippen LogP contribution in [-0.2, 0) is 4.74 Å². The summed E-state index contributed by atoms with van der Waals surface area (Å²) in [6, 6.07) is 7.83. The molecule has 5 nitrogen and oxygen atoms in total.